The number of anilines is 1. The van der Waals surface area contributed by atoms with E-state index < -0.39 is 24.0 Å². The maximum atomic E-state index is 12.8. The summed E-state index contributed by atoms with van der Waals surface area (Å²) < 4.78 is 5.55. The predicted octanol–water partition coefficient (Wildman–Crippen LogP) is 5.39. The van der Waals surface area contributed by atoms with E-state index in [1.807, 2.05) is 36.4 Å². The molecule has 5 rings (SSSR count). The molecule has 35 heavy (non-hydrogen) atoms. The Morgan fingerprint density at radius 1 is 1.00 bits per heavy atom. The van der Waals surface area contributed by atoms with E-state index in [1.54, 1.807) is 0 Å². The summed E-state index contributed by atoms with van der Waals surface area (Å²) in [6.45, 7) is 0.548. The minimum Gasteiger partial charge on any atom is -0.480 e. The third-order valence-electron chi connectivity index (χ3n) is 6.60. The van der Waals surface area contributed by atoms with Crippen molar-refractivity contribution >= 4 is 35.3 Å². The highest BCUT2D eigenvalue weighted by molar-refractivity contribution is 6.34. The number of halogens is 1. The van der Waals surface area contributed by atoms with Crippen molar-refractivity contribution in [1.82, 2.24) is 4.90 Å². The van der Waals surface area contributed by atoms with Gasteiger partial charge in [-0.2, -0.15) is 0 Å². The summed E-state index contributed by atoms with van der Waals surface area (Å²) in [5.41, 5.74) is 5.08. The molecule has 1 unspecified atom stereocenters. The van der Waals surface area contributed by atoms with Gasteiger partial charge in [-0.1, -0.05) is 60.1 Å². The van der Waals surface area contributed by atoms with Crippen LogP contribution in [0.3, 0.4) is 0 Å². The van der Waals surface area contributed by atoms with E-state index in [0.717, 1.165) is 22.3 Å². The molecule has 0 radical (unpaired) electrons. The highest BCUT2D eigenvalue weighted by Crippen LogP contribution is 2.44. The molecule has 0 saturated carbocycles. The summed E-state index contributed by atoms with van der Waals surface area (Å²) in [6.07, 6.45) is 0.409. The third kappa shape index (κ3) is 4.35. The van der Waals surface area contributed by atoms with Crippen molar-refractivity contribution in [2.45, 2.75) is 24.8 Å². The second kappa shape index (κ2) is 9.43. The number of ether oxygens (including phenoxy) is 1. The Bertz CT molecular complexity index is 1280. The van der Waals surface area contributed by atoms with Crippen LogP contribution in [0.1, 0.15) is 40.2 Å². The van der Waals surface area contributed by atoms with Crippen LogP contribution in [0.5, 0.6) is 0 Å². The van der Waals surface area contributed by atoms with Gasteiger partial charge >= 0.3 is 12.1 Å². The van der Waals surface area contributed by atoms with Gasteiger partial charge in [-0.15, -0.1) is 0 Å². The van der Waals surface area contributed by atoms with Crippen LogP contribution in [0, 0.1) is 0 Å². The summed E-state index contributed by atoms with van der Waals surface area (Å²) in [4.78, 5) is 38.1. The van der Waals surface area contributed by atoms with E-state index in [1.165, 1.54) is 23.1 Å². The fraction of sp³-hybridized carbons (Fsp3) is 0.222. The first kappa shape index (κ1) is 22.9. The molecule has 1 saturated heterocycles. The van der Waals surface area contributed by atoms with Crippen LogP contribution in [-0.4, -0.2) is 47.2 Å². The van der Waals surface area contributed by atoms with Crippen LogP contribution >= 0.6 is 11.6 Å². The quantitative estimate of drug-likeness (QED) is 0.500. The highest BCUT2D eigenvalue weighted by Gasteiger charge is 2.34. The number of aliphatic carboxylic acids is 1. The van der Waals surface area contributed by atoms with Gasteiger partial charge in [0.05, 0.1) is 10.7 Å². The van der Waals surface area contributed by atoms with Gasteiger partial charge in [-0.25, -0.2) is 9.59 Å². The largest absolute Gasteiger partial charge is 0.480 e. The number of likely N-dealkylation sites (tertiary alicyclic amines) is 1. The average molecular weight is 491 g/mol. The number of amides is 2. The normalized spacial score (nSPS) is 16.5. The molecular formula is C27H23ClN2O5. The number of nitrogens with zero attached hydrogens (tertiary/aromatic N) is 1. The van der Waals surface area contributed by atoms with Gasteiger partial charge in [0.25, 0.3) is 5.91 Å². The summed E-state index contributed by atoms with van der Waals surface area (Å²) in [5, 5.41) is 12.1. The number of rotatable bonds is 5. The third-order valence-corrected chi connectivity index (χ3v) is 6.91. The Balaban J connectivity index is 1.25. The lowest BCUT2D eigenvalue weighted by molar-refractivity contribution is -0.141. The molecule has 1 fully saturated rings. The predicted molar refractivity (Wildman–Crippen MR) is 132 cm³/mol. The van der Waals surface area contributed by atoms with Crippen molar-refractivity contribution in [3.63, 3.8) is 0 Å². The van der Waals surface area contributed by atoms with Crippen molar-refractivity contribution < 1.29 is 24.2 Å². The molecule has 0 bridgehead atoms. The maximum Gasteiger partial charge on any atom is 0.411 e. The van der Waals surface area contributed by atoms with Gasteiger partial charge in [-0.05, 0) is 53.3 Å². The molecule has 1 heterocycles. The monoisotopic (exact) mass is 490 g/mol. The Morgan fingerprint density at radius 3 is 2.29 bits per heavy atom. The van der Waals surface area contributed by atoms with Gasteiger partial charge in [0.2, 0.25) is 0 Å². The van der Waals surface area contributed by atoms with E-state index in [0.29, 0.717) is 25.1 Å². The zero-order valence-corrected chi connectivity index (χ0v) is 19.5. The molecular weight excluding hydrogens is 468 g/mol. The first-order chi connectivity index (χ1) is 16.9. The molecule has 3 aromatic carbocycles. The van der Waals surface area contributed by atoms with Crippen molar-refractivity contribution in [2.24, 2.45) is 0 Å². The standard InChI is InChI=1S/C27H23ClN2O5/c28-22-14-16(25(31)30-13-5-10-24(30)26(32)33)11-12-23(22)29-27(34)35-15-21-19-8-3-1-6-17(19)18-7-2-4-9-20(18)21/h1-4,6-9,11-12,14,21,24H,5,10,13,15H2,(H,29,34)(H,32,33). The summed E-state index contributed by atoms with van der Waals surface area (Å²) in [6, 6.07) is 19.8. The number of carbonyl (C=O) groups is 3. The van der Waals surface area contributed by atoms with Crippen molar-refractivity contribution in [1.29, 1.82) is 0 Å². The minimum absolute atomic E-state index is 0.0636. The molecule has 2 amide bonds. The molecule has 0 aromatic heterocycles. The van der Waals surface area contributed by atoms with Gasteiger partial charge < -0.3 is 14.7 Å². The first-order valence-electron chi connectivity index (χ1n) is 11.4. The molecule has 8 heteroatoms. The number of carboxylic acids is 1. The number of carbonyl (C=O) groups excluding carboxylic acids is 2. The fourth-order valence-corrected chi connectivity index (χ4v) is 5.15. The Morgan fingerprint density at radius 2 is 1.66 bits per heavy atom. The number of carboxylic acid groups (broad SMARTS) is 1. The zero-order chi connectivity index (χ0) is 24.5. The van der Waals surface area contributed by atoms with Gasteiger partial charge in [0.1, 0.15) is 12.6 Å². The second-order valence-corrected chi connectivity index (χ2v) is 9.05. The average Bonchev–Trinajstić information content (AvgIpc) is 3.47. The van der Waals surface area contributed by atoms with Crippen molar-refractivity contribution in [2.75, 3.05) is 18.5 Å². The Labute approximate surface area is 207 Å². The van der Waals surface area contributed by atoms with Crippen LogP contribution in [0.4, 0.5) is 10.5 Å². The van der Waals surface area contributed by atoms with Crippen LogP contribution in [-0.2, 0) is 9.53 Å². The van der Waals surface area contributed by atoms with Gasteiger partial charge in [0, 0.05) is 18.0 Å². The summed E-state index contributed by atoms with van der Waals surface area (Å²) >= 11 is 6.33. The molecule has 3 aromatic rings. The smallest absolute Gasteiger partial charge is 0.411 e. The van der Waals surface area contributed by atoms with E-state index in [2.05, 4.69) is 17.4 Å². The van der Waals surface area contributed by atoms with Crippen LogP contribution in [0.15, 0.2) is 66.7 Å². The molecule has 2 N–H and O–H groups in total. The fourth-order valence-electron chi connectivity index (χ4n) is 4.93. The number of hydrogen-bond donors (Lipinski definition) is 2. The summed E-state index contributed by atoms with van der Waals surface area (Å²) in [5.74, 6) is -1.48. The lowest BCUT2D eigenvalue weighted by Crippen LogP contribution is -2.40. The van der Waals surface area contributed by atoms with E-state index in [4.69, 9.17) is 16.3 Å². The summed E-state index contributed by atoms with van der Waals surface area (Å²) in [7, 11) is 0. The molecule has 2 aliphatic rings. The highest BCUT2D eigenvalue weighted by atomic mass is 35.5. The van der Waals surface area contributed by atoms with Crippen molar-refractivity contribution in [3.05, 3.63) is 88.4 Å². The lowest BCUT2D eigenvalue weighted by atomic mass is 9.98. The molecule has 7 nitrogen and oxygen atoms in total. The molecule has 178 valence electrons. The molecule has 1 atom stereocenters. The van der Waals surface area contributed by atoms with Crippen LogP contribution in [0.2, 0.25) is 5.02 Å². The molecule has 1 aliphatic carbocycles. The van der Waals surface area contributed by atoms with E-state index >= 15 is 0 Å². The number of fused-ring (bicyclic) bond motifs is 3. The first-order valence-corrected chi connectivity index (χ1v) is 11.8. The van der Waals surface area contributed by atoms with E-state index in [9.17, 15) is 19.5 Å². The van der Waals surface area contributed by atoms with Crippen LogP contribution < -0.4 is 5.32 Å². The Hall–Kier alpha value is -3.84. The van der Waals surface area contributed by atoms with Crippen LogP contribution in [0.25, 0.3) is 11.1 Å². The maximum absolute atomic E-state index is 12.8. The second-order valence-electron chi connectivity index (χ2n) is 8.64. The SMILES string of the molecule is O=C(Nc1ccc(C(=O)N2CCCC2C(=O)O)cc1Cl)OCC1c2ccccc2-c2ccccc21. The number of benzene rings is 3. The molecule has 1 aliphatic heterocycles. The number of nitrogens with one attached hydrogen (secondary N) is 1. The topological polar surface area (TPSA) is 95.9 Å². The van der Waals surface area contributed by atoms with Gasteiger partial charge in [0.15, 0.2) is 0 Å². The van der Waals surface area contributed by atoms with Gasteiger partial charge in [-0.3, -0.25) is 10.1 Å². The lowest BCUT2D eigenvalue weighted by Gasteiger charge is -2.21. The minimum atomic E-state index is -1.02. The molecule has 0 spiro atoms. The number of hydrogen-bond acceptors (Lipinski definition) is 4. The van der Waals surface area contributed by atoms with Crippen molar-refractivity contribution in [3.8, 4) is 11.1 Å². The zero-order valence-electron chi connectivity index (χ0n) is 18.7. The Kier molecular flexibility index (Phi) is 6.17. The van der Waals surface area contributed by atoms with E-state index in [-0.39, 0.29) is 23.1 Å².